The van der Waals surface area contributed by atoms with Crippen LogP contribution < -0.4 is 4.90 Å². The van der Waals surface area contributed by atoms with E-state index in [9.17, 15) is 0 Å². The Morgan fingerprint density at radius 1 is 1.62 bits per heavy atom. The zero-order chi connectivity index (χ0) is 11.5. The van der Waals surface area contributed by atoms with Gasteiger partial charge in [0.2, 0.25) is 0 Å². The molecule has 0 unspecified atom stereocenters. The smallest absolute Gasteiger partial charge is 0.297 e. The molecule has 0 saturated heterocycles. The Balaban J connectivity index is 2.05. The molecule has 0 atom stereocenters. The van der Waals surface area contributed by atoms with Gasteiger partial charge in [-0.3, -0.25) is 0 Å². The summed E-state index contributed by atoms with van der Waals surface area (Å²) in [5.74, 6) is 0.377. The molecule has 2 aromatic heterocycles. The van der Waals surface area contributed by atoms with Gasteiger partial charge in [0.15, 0.2) is 0 Å². The van der Waals surface area contributed by atoms with Gasteiger partial charge < -0.3 is 9.32 Å². The van der Waals surface area contributed by atoms with Crippen LogP contribution in [0.25, 0.3) is 0 Å². The Labute approximate surface area is 111 Å². The van der Waals surface area contributed by atoms with Gasteiger partial charge in [0.1, 0.15) is 6.26 Å². The van der Waals surface area contributed by atoms with Gasteiger partial charge in [-0.1, -0.05) is 0 Å². The third-order valence-corrected chi connectivity index (χ3v) is 3.97. The first-order valence-electron chi connectivity index (χ1n) is 4.63. The summed E-state index contributed by atoms with van der Waals surface area (Å²) in [4.78, 5) is 7.45. The molecule has 3 nitrogen and oxygen atoms in total. The van der Waals surface area contributed by atoms with Crippen molar-refractivity contribution in [2.24, 2.45) is 0 Å². The molecular weight excluding hydrogens is 312 g/mol. The highest BCUT2D eigenvalue weighted by Crippen LogP contribution is 2.23. The minimum absolute atomic E-state index is 0.377. The number of nitrogens with zero attached hydrogens (tertiary/aromatic N) is 2. The molecule has 0 fully saturated rings. The zero-order valence-electron chi connectivity index (χ0n) is 8.61. The number of thiophene rings is 1. The number of aromatic nitrogens is 1. The Morgan fingerprint density at radius 3 is 3.00 bits per heavy atom. The van der Waals surface area contributed by atoms with Gasteiger partial charge in [-0.25, -0.2) is 0 Å². The van der Waals surface area contributed by atoms with Crippen molar-refractivity contribution in [3.8, 4) is 0 Å². The number of oxazole rings is 1. The Hall–Kier alpha value is -0.520. The number of alkyl halides is 1. The average Bonchev–Trinajstić information content (AvgIpc) is 2.87. The summed E-state index contributed by atoms with van der Waals surface area (Å²) in [5, 5.41) is 2.06. The summed E-state index contributed by atoms with van der Waals surface area (Å²) < 4.78 is 6.43. The monoisotopic (exact) mass is 320 g/mol. The molecule has 0 aliphatic rings. The van der Waals surface area contributed by atoms with Crippen molar-refractivity contribution in [3.05, 3.63) is 32.8 Å². The van der Waals surface area contributed by atoms with Gasteiger partial charge >= 0.3 is 0 Å². The molecule has 0 N–H and O–H groups in total. The van der Waals surface area contributed by atoms with Crippen LogP contribution in [0.15, 0.2) is 26.6 Å². The molecule has 86 valence electrons. The second-order valence-electron chi connectivity index (χ2n) is 3.34. The number of halogens is 2. The van der Waals surface area contributed by atoms with E-state index in [1.807, 2.05) is 11.9 Å². The van der Waals surface area contributed by atoms with E-state index in [2.05, 4.69) is 32.4 Å². The van der Waals surface area contributed by atoms with E-state index in [0.717, 1.165) is 16.7 Å². The summed E-state index contributed by atoms with van der Waals surface area (Å²) in [7, 11) is 1.94. The number of hydrogen-bond acceptors (Lipinski definition) is 4. The van der Waals surface area contributed by atoms with Crippen molar-refractivity contribution in [1.29, 1.82) is 0 Å². The Morgan fingerprint density at radius 2 is 2.44 bits per heavy atom. The number of rotatable bonds is 4. The highest BCUT2D eigenvalue weighted by atomic mass is 79.9. The molecule has 0 spiro atoms. The van der Waals surface area contributed by atoms with Gasteiger partial charge in [0.05, 0.1) is 18.1 Å². The fourth-order valence-electron chi connectivity index (χ4n) is 1.27. The van der Waals surface area contributed by atoms with E-state index in [1.165, 1.54) is 4.88 Å². The molecular formula is C10H10BrClN2OS. The lowest BCUT2D eigenvalue weighted by molar-refractivity contribution is 0.545. The number of anilines is 1. The van der Waals surface area contributed by atoms with E-state index in [-0.39, 0.29) is 0 Å². The molecule has 2 aromatic rings. The SMILES string of the molecule is CN(Cc1cc(Br)cs1)c1nc(CCl)co1. The van der Waals surface area contributed by atoms with Gasteiger partial charge in [0.25, 0.3) is 6.01 Å². The minimum Gasteiger partial charge on any atom is -0.432 e. The lowest BCUT2D eigenvalue weighted by Gasteiger charge is -2.12. The maximum Gasteiger partial charge on any atom is 0.297 e. The fourth-order valence-corrected chi connectivity index (χ4v) is 2.90. The summed E-state index contributed by atoms with van der Waals surface area (Å²) in [6.45, 7) is 0.776. The van der Waals surface area contributed by atoms with Crippen LogP contribution in [-0.4, -0.2) is 12.0 Å². The van der Waals surface area contributed by atoms with E-state index in [1.54, 1.807) is 17.6 Å². The zero-order valence-corrected chi connectivity index (χ0v) is 11.8. The average molecular weight is 322 g/mol. The minimum atomic E-state index is 0.377. The summed E-state index contributed by atoms with van der Waals surface area (Å²) >= 11 is 10.8. The van der Waals surface area contributed by atoms with E-state index in [4.69, 9.17) is 16.0 Å². The van der Waals surface area contributed by atoms with E-state index >= 15 is 0 Å². The molecule has 2 rings (SSSR count). The first kappa shape index (κ1) is 12.0. The van der Waals surface area contributed by atoms with E-state index in [0.29, 0.717) is 11.9 Å². The lowest BCUT2D eigenvalue weighted by Crippen LogP contribution is -2.15. The Bertz CT molecular complexity index is 471. The van der Waals surface area contributed by atoms with Crippen LogP contribution >= 0.6 is 38.9 Å². The molecule has 0 aliphatic heterocycles. The van der Waals surface area contributed by atoms with Crippen molar-refractivity contribution in [2.75, 3.05) is 11.9 Å². The second-order valence-corrected chi connectivity index (χ2v) is 5.52. The maximum absolute atomic E-state index is 5.66. The molecule has 0 radical (unpaired) electrons. The van der Waals surface area contributed by atoms with Crippen LogP contribution in [-0.2, 0) is 12.4 Å². The standard InChI is InChI=1S/C10H10BrClN2OS/c1-14(4-9-2-7(11)6-16-9)10-13-8(3-12)5-15-10/h2,5-6H,3-4H2,1H3. The first-order chi connectivity index (χ1) is 7.69. The van der Waals surface area contributed by atoms with Crippen LogP contribution in [0.2, 0.25) is 0 Å². The fraction of sp³-hybridized carbons (Fsp3) is 0.300. The lowest BCUT2D eigenvalue weighted by atomic mass is 10.4. The molecule has 0 aromatic carbocycles. The van der Waals surface area contributed by atoms with Crippen molar-refractivity contribution in [2.45, 2.75) is 12.4 Å². The molecule has 0 bridgehead atoms. The van der Waals surface area contributed by atoms with Crippen LogP contribution in [0.5, 0.6) is 0 Å². The number of hydrogen-bond donors (Lipinski definition) is 0. The highest BCUT2D eigenvalue weighted by Gasteiger charge is 2.10. The van der Waals surface area contributed by atoms with Crippen LogP contribution in [0, 0.1) is 0 Å². The highest BCUT2D eigenvalue weighted by molar-refractivity contribution is 9.10. The molecule has 6 heteroatoms. The molecule has 0 aliphatic carbocycles. The summed E-state index contributed by atoms with van der Waals surface area (Å²) in [6.07, 6.45) is 1.59. The third kappa shape index (κ3) is 2.78. The largest absolute Gasteiger partial charge is 0.432 e. The van der Waals surface area contributed by atoms with Crippen molar-refractivity contribution >= 4 is 44.9 Å². The predicted molar refractivity (Wildman–Crippen MR) is 70.2 cm³/mol. The third-order valence-electron chi connectivity index (χ3n) is 2.02. The van der Waals surface area contributed by atoms with E-state index < -0.39 is 0 Å². The van der Waals surface area contributed by atoms with Crippen molar-refractivity contribution < 1.29 is 4.42 Å². The van der Waals surface area contributed by atoms with Crippen LogP contribution in [0.1, 0.15) is 10.6 Å². The van der Waals surface area contributed by atoms with Gasteiger partial charge in [-0.05, 0) is 22.0 Å². The van der Waals surface area contributed by atoms with Gasteiger partial charge in [-0.15, -0.1) is 22.9 Å². The molecule has 16 heavy (non-hydrogen) atoms. The second kappa shape index (κ2) is 5.21. The maximum atomic E-state index is 5.66. The molecule has 0 saturated carbocycles. The molecule has 0 amide bonds. The van der Waals surface area contributed by atoms with Gasteiger partial charge in [-0.2, -0.15) is 4.98 Å². The quantitative estimate of drug-likeness (QED) is 0.800. The van der Waals surface area contributed by atoms with Crippen LogP contribution in [0.4, 0.5) is 6.01 Å². The molecule has 2 heterocycles. The van der Waals surface area contributed by atoms with Crippen molar-refractivity contribution in [1.82, 2.24) is 4.98 Å². The Kier molecular flexibility index (Phi) is 3.89. The van der Waals surface area contributed by atoms with Crippen molar-refractivity contribution in [3.63, 3.8) is 0 Å². The van der Waals surface area contributed by atoms with Crippen LogP contribution in [0.3, 0.4) is 0 Å². The first-order valence-corrected chi connectivity index (χ1v) is 6.84. The topological polar surface area (TPSA) is 29.3 Å². The summed E-state index contributed by atoms with van der Waals surface area (Å²) in [5.41, 5.74) is 0.760. The summed E-state index contributed by atoms with van der Waals surface area (Å²) in [6, 6.07) is 2.69. The van der Waals surface area contributed by atoms with Gasteiger partial charge in [0, 0.05) is 21.8 Å². The predicted octanol–water partition coefficient (Wildman–Crippen LogP) is 3.87. The normalized spacial score (nSPS) is 10.7.